The van der Waals surface area contributed by atoms with Gasteiger partial charge in [-0.05, 0) is 35.6 Å². The Morgan fingerprint density at radius 2 is 2.00 bits per heavy atom. The molecule has 0 amide bonds. The summed E-state index contributed by atoms with van der Waals surface area (Å²) in [6.07, 6.45) is 1.62. The Morgan fingerprint density at radius 3 is 2.50 bits per heavy atom. The van der Waals surface area contributed by atoms with Crippen LogP contribution < -0.4 is 5.56 Å². The maximum absolute atomic E-state index is 11.5. The van der Waals surface area contributed by atoms with Crippen molar-refractivity contribution in [2.24, 2.45) is 0 Å². The quantitative estimate of drug-likeness (QED) is 0.782. The molecule has 0 aromatic carbocycles. The molecule has 0 saturated carbocycles. The van der Waals surface area contributed by atoms with Gasteiger partial charge >= 0.3 is 0 Å². The van der Waals surface area contributed by atoms with E-state index < -0.39 is 5.54 Å². The average Bonchev–Trinajstić information content (AvgIpc) is 2.20. The fourth-order valence-corrected chi connectivity index (χ4v) is 1.54. The first kappa shape index (κ1) is 11.7. The monoisotopic (exact) mass is 309 g/mol. The normalized spacial score (nSPS) is 11.7. The van der Waals surface area contributed by atoms with Crippen LogP contribution in [0.25, 0.3) is 0 Å². The number of pyridine rings is 1. The number of aliphatic hydroxyl groups is 2. The number of aliphatic hydroxyl groups excluding tert-OH is 2. The van der Waals surface area contributed by atoms with Crippen LogP contribution in [0.4, 0.5) is 0 Å². The maximum Gasteiger partial charge on any atom is 0.251 e. The van der Waals surface area contributed by atoms with Crippen molar-refractivity contribution in [1.29, 1.82) is 0 Å². The maximum atomic E-state index is 11.5. The summed E-state index contributed by atoms with van der Waals surface area (Å²) in [5.74, 6) is 0. The van der Waals surface area contributed by atoms with Crippen LogP contribution in [0.2, 0.25) is 0 Å². The second kappa shape index (κ2) is 4.41. The first-order valence-electron chi connectivity index (χ1n) is 4.14. The third-order valence-corrected chi connectivity index (χ3v) is 2.78. The molecule has 0 saturated heterocycles. The highest BCUT2D eigenvalue weighted by Gasteiger charge is 2.25. The van der Waals surface area contributed by atoms with Gasteiger partial charge in [-0.25, -0.2) is 0 Å². The molecule has 78 valence electrons. The van der Waals surface area contributed by atoms with Crippen molar-refractivity contribution in [3.05, 3.63) is 32.3 Å². The summed E-state index contributed by atoms with van der Waals surface area (Å²) in [4.78, 5) is 11.5. The molecule has 0 spiro atoms. The van der Waals surface area contributed by atoms with Crippen LogP contribution in [-0.4, -0.2) is 28.0 Å². The van der Waals surface area contributed by atoms with Crippen LogP contribution in [-0.2, 0) is 5.54 Å². The number of rotatable bonds is 3. The third kappa shape index (κ3) is 2.15. The van der Waals surface area contributed by atoms with E-state index in [1.165, 1.54) is 10.6 Å². The minimum atomic E-state index is -0.932. The molecule has 1 rings (SSSR count). The van der Waals surface area contributed by atoms with Crippen molar-refractivity contribution in [2.75, 3.05) is 13.2 Å². The Bertz CT molecular complexity index is 371. The van der Waals surface area contributed by atoms with Crippen LogP contribution in [0.5, 0.6) is 0 Å². The lowest BCUT2D eigenvalue weighted by Crippen LogP contribution is -2.44. The van der Waals surface area contributed by atoms with Crippen molar-refractivity contribution < 1.29 is 10.2 Å². The van der Waals surface area contributed by atoms with Crippen LogP contribution in [0.1, 0.15) is 6.92 Å². The lowest BCUT2D eigenvalue weighted by atomic mass is 10.1. The number of hydrogen-bond donors (Lipinski definition) is 2. The van der Waals surface area contributed by atoms with Crippen LogP contribution in [0.3, 0.4) is 0 Å². The summed E-state index contributed by atoms with van der Waals surface area (Å²) in [5, 5.41) is 18.3. The van der Waals surface area contributed by atoms with E-state index >= 15 is 0 Å². The Hall–Kier alpha value is -0.400. The van der Waals surface area contributed by atoms with Crippen molar-refractivity contribution in [2.45, 2.75) is 12.5 Å². The fraction of sp³-hybridized carbons (Fsp3) is 0.444. The van der Waals surface area contributed by atoms with E-state index in [-0.39, 0.29) is 18.8 Å². The second-order valence-electron chi connectivity index (χ2n) is 3.37. The first-order chi connectivity index (χ1) is 6.53. The zero-order valence-corrected chi connectivity index (χ0v) is 9.93. The summed E-state index contributed by atoms with van der Waals surface area (Å²) in [7, 11) is 0. The Labute approximate surface area is 95.3 Å². The van der Waals surface area contributed by atoms with Gasteiger partial charge in [0.25, 0.3) is 5.56 Å². The molecule has 5 heteroatoms. The van der Waals surface area contributed by atoms with Gasteiger partial charge in [-0.2, -0.15) is 0 Å². The minimum Gasteiger partial charge on any atom is -0.394 e. The van der Waals surface area contributed by atoms with Crippen molar-refractivity contribution in [1.82, 2.24) is 4.57 Å². The van der Waals surface area contributed by atoms with Gasteiger partial charge in [0.05, 0.1) is 18.8 Å². The highest BCUT2D eigenvalue weighted by atomic mass is 127. The molecule has 0 aliphatic rings. The molecule has 4 nitrogen and oxygen atoms in total. The summed E-state index contributed by atoms with van der Waals surface area (Å²) >= 11 is 2.07. The molecule has 0 fully saturated rings. The predicted octanol–water partition coefficient (Wildman–Crippen LogP) is 0.153. The molecule has 0 atom stereocenters. The van der Waals surface area contributed by atoms with E-state index in [1.54, 1.807) is 19.2 Å². The Morgan fingerprint density at radius 1 is 1.43 bits per heavy atom. The van der Waals surface area contributed by atoms with E-state index in [4.69, 9.17) is 10.2 Å². The SMILES string of the molecule is CC(CO)(CO)n1cc(I)ccc1=O. The Balaban J connectivity index is 3.29. The second-order valence-corrected chi connectivity index (χ2v) is 4.61. The molecule has 1 aromatic rings. The van der Waals surface area contributed by atoms with Gasteiger partial charge in [-0.15, -0.1) is 0 Å². The lowest BCUT2D eigenvalue weighted by Gasteiger charge is -2.27. The van der Waals surface area contributed by atoms with Crippen molar-refractivity contribution >= 4 is 22.6 Å². The molecule has 0 aliphatic heterocycles. The molecular formula is C9H12INO3. The molecule has 0 bridgehead atoms. The van der Waals surface area contributed by atoms with Gasteiger partial charge in [0.15, 0.2) is 0 Å². The molecule has 1 aromatic heterocycles. The summed E-state index contributed by atoms with van der Waals surface area (Å²) in [6.45, 7) is 1.08. The topological polar surface area (TPSA) is 62.5 Å². The van der Waals surface area contributed by atoms with E-state index in [2.05, 4.69) is 22.6 Å². The largest absolute Gasteiger partial charge is 0.394 e. The van der Waals surface area contributed by atoms with Crippen molar-refractivity contribution in [3.63, 3.8) is 0 Å². The number of hydrogen-bond acceptors (Lipinski definition) is 3. The fourth-order valence-electron chi connectivity index (χ4n) is 1.09. The minimum absolute atomic E-state index is 0.226. The van der Waals surface area contributed by atoms with Crippen LogP contribution in [0.15, 0.2) is 23.1 Å². The van der Waals surface area contributed by atoms with Crippen LogP contribution in [0, 0.1) is 3.57 Å². The summed E-state index contributed by atoms with van der Waals surface area (Å²) in [6, 6.07) is 3.11. The van der Waals surface area contributed by atoms with E-state index in [0.717, 1.165) is 3.57 Å². The molecule has 1 heterocycles. The molecule has 0 aliphatic carbocycles. The Kier molecular flexibility index (Phi) is 3.68. The first-order valence-corrected chi connectivity index (χ1v) is 5.22. The van der Waals surface area contributed by atoms with E-state index in [9.17, 15) is 4.79 Å². The highest BCUT2D eigenvalue weighted by molar-refractivity contribution is 14.1. The zero-order chi connectivity index (χ0) is 10.8. The van der Waals surface area contributed by atoms with Gasteiger partial charge in [0.2, 0.25) is 0 Å². The number of nitrogens with zero attached hydrogens (tertiary/aromatic N) is 1. The summed E-state index contributed by atoms with van der Waals surface area (Å²) < 4.78 is 2.24. The number of aromatic nitrogens is 1. The smallest absolute Gasteiger partial charge is 0.251 e. The highest BCUT2D eigenvalue weighted by Crippen LogP contribution is 2.13. The molecule has 2 N–H and O–H groups in total. The molecule has 0 unspecified atom stereocenters. The zero-order valence-electron chi connectivity index (χ0n) is 7.77. The van der Waals surface area contributed by atoms with Gasteiger partial charge in [-0.1, -0.05) is 0 Å². The molecule has 0 radical (unpaired) electrons. The van der Waals surface area contributed by atoms with Gasteiger partial charge in [-0.3, -0.25) is 4.79 Å². The average molecular weight is 309 g/mol. The van der Waals surface area contributed by atoms with E-state index in [0.29, 0.717) is 0 Å². The van der Waals surface area contributed by atoms with Gasteiger partial charge < -0.3 is 14.8 Å². The predicted molar refractivity (Wildman–Crippen MR) is 61.2 cm³/mol. The standard InChI is InChI=1S/C9H12INO3/c1-9(5-12,6-13)11-4-7(10)2-3-8(11)14/h2-4,12-13H,5-6H2,1H3. The third-order valence-electron chi connectivity index (χ3n) is 2.14. The summed E-state index contributed by atoms with van der Waals surface area (Å²) in [5.41, 5.74) is -1.16. The molecular weight excluding hydrogens is 297 g/mol. The lowest BCUT2D eigenvalue weighted by molar-refractivity contribution is 0.0749. The van der Waals surface area contributed by atoms with Gasteiger partial charge in [0.1, 0.15) is 0 Å². The molecule has 14 heavy (non-hydrogen) atoms. The van der Waals surface area contributed by atoms with Crippen molar-refractivity contribution in [3.8, 4) is 0 Å². The van der Waals surface area contributed by atoms with E-state index in [1.807, 2.05) is 0 Å². The van der Waals surface area contributed by atoms with Crippen LogP contribution >= 0.6 is 22.6 Å². The number of halogens is 1. The van der Waals surface area contributed by atoms with Gasteiger partial charge in [0, 0.05) is 15.8 Å².